The van der Waals surface area contributed by atoms with Gasteiger partial charge in [0.05, 0.1) is 18.1 Å². The number of nitrogens with zero attached hydrogens (tertiary/aromatic N) is 4. The fourth-order valence-corrected chi connectivity index (χ4v) is 3.64. The number of ether oxygens (including phenoxy) is 1. The molecule has 2 aromatic heterocycles. The van der Waals surface area contributed by atoms with Gasteiger partial charge in [-0.3, -0.25) is 9.20 Å². The van der Waals surface area contributed by atoms with Gasteiger partial charge in [0.15, 0.2) is 11.6 Å². The normalized spacial score (nSPS) is 11.3. The van der Waals surface area contributed by atoms with Crippen LogP contribution in [0.4, 0.5) is 11.5 Å². The number of carbonyl (C=O) groups excluding carboxylic acids is 1. The molecular formula is C26H21N5O2. The molecule has 5 rings (SSSR count). The zero-order valence-corrected chi connectivity index (χ0v) is 18.2. The average Bonchev–Trinajstić information content (AvgIpc) is 3.25. The van der Waals surface area contributed by atoms with Crippen molar-refractivity contribution in [1.82, 2.24) is 19.6 Å². The Balaban J connectivity index is 1.37. The standard InChI is InChI=1S/C26H21N5O2/c1-17-29-30-26-25(28-22-5-3-4-6-23(22)31(17)26)27-20-12-10-19(11-13-20)24(32)16-9-18-7-14-21(33-2)15-8-18/h3-16H,1-2H3,(H,27,28)/b16-9+. The van der Waals surface area contributed by atoms with Crippen molar-refractivity contribution in [2.24, 2.45) is 0 Å². The largest absolute Gasteiger partial charge is 0.497 e. The van der Waals surface area contributed by atoms with E-state index in [1.807, 2.05) is 72.0 Å². The second-order valence-corrected chi connectivity index (χ2v) is 7.53. The fraction of sp³-hybridized carbons (Fsp3) is 0.0769. The van der Waals surface area contributed by atoms with Crippen LogP contribution in [0.5, 0.6) is 5.75 Å². The first kappa shape index (κ1) is 20.4. The average molecular weight is 435 g/mol. The van der Waals surface area contributed by atoms with Crippen molar-refractivity contribution in [3.8, 4) is 5.75 Å². The lowest BCUT2D eigenvalue weighted by Crippen LogP contribution is -2.01. The fourth-order valence-electron chi connectivity index (χ4n) is 3.64. The number of nitrogens with one attached hydrogen (secondary N) is 1. The molecule has 162 valence electrons. The number of para-hydroxylation sites is 2. The summed E-state index contributed by atoms with van der Waals surface area (Å²) in [6.07, 6.45) is 3.36. The highest BCUT2D eigenvalue weighted by Crippen LogP contribution is 2.24. The van der Waals surface area contributed by atoms with Gasteiger partial charge in [-0.1, -0.05) is 30.3 Å². The Kier molecular flexibility index (Phi) is 5.28. The van der Waals surface area contributed by atoms with Crippen LogP contribution in [0.2, 0.25) is 0 Å². The molecule has 0 radical (unpaired) electrons. The van der Waals surface area contributed by atoms with Crippen molar-refractivity contribution >= 4 is 40.0 Å². The molecule has 0 amide bonds. The molecule has 2 heterocycles. The molecule has 0 aliphatic heterocycles. The summed E-state index contributed by atoms with van der Waals surface area (Å²) in [6.45, 7) is 1.91. The summed E-state index contributed by atoms with van der Waals surface area (Å²) in [5.41, 5.74) is 4.76. The third-order valence-electron chi connectivity index (χ3n) is 5.37. The molecule has 0 saturated heterocycles. The number of hydrogen-bond donors (Lipinski definition) is 1. The zero-order chi connectivity index (χ0) is 22.8. The lowest BCUT2D eigenvalue weighted by molar-refractivity contribution is 0.104. The number of aromatic nitrogens is 4. The summed E-state index contributed by atoms with van der Waals surface area (Å²) in [6, 6.07) is 22.7. The maximum Gasteiger partial charge on any atom is 0.204 e. The SMILES string of the molecule is COc1ccc(/C=C/C(=O)c2ccc(Nc3nc4ccccc4n4c(C)nnc34)cc2)cc1. The monoisotopic (exact) mass is 435 g/mol. The van der Waals surface area contributed by atoms with E-state index in [1.165, 1.54) is 0 Å². The van der Waals surface area contributed by atoms with Crippen molar-refractivity contribution in [2.45, 2.75) is 6.92 Å². The Bertz CT molecular complexity index is 1490. The summed E-state index contributed by atoms with van der Waals surface area (Å²) < 4.78 is 7.13. The molecular weight excluding hydrogens is 414 g/mol. The minimum Gasteiger partial charge on any atom is -0.497 e. The van der Waals surface area contributed by atoms with Gasteiger partial charge in [0.1, 0.15) is 11.6 Å². The number of carbonyl (C=O) groups is 1. The van der Waals surface area contributed by atoms with E-state index >= 15 is 0 Å². The van der Waals surface area contributed by atoms with Crippen LogP contribution in [0, 0.1) is 6.92 Å². The quantitative estimate of drug-likeness (QED) is 0.290. The topological polar surface area (TPSA) is 81.4 Å². The first-order valence-electron chi connectivity index (χ1n) is 10.5. The van der Waals surface area contributed by atoms with Gasteiger partial charge in [-0.15, -0.1) is 10.2 Å². The Labute approximate surface area is 190 Å². The first-order chi connectivity index (χ1) is 16.1. The van der Waals surface area contributed by atoms with Gasteiger partial charge in [0, 0.05) is 11.3 Å². The number of anilines is 2. The molecule has 0 aliphatic rings. The van der Waals surface area contributed by atoms with E-state index in [-0.39, 0.29) is 5.78 Å². The summed E-state index contributed by atoms with van der Waals surface area (Å²) >= 11 is 0. The van der Waals surface area contributed by atoms with E-state index in [0.29, 0.717) is 17.0 Å². The predicted octanol–water partition coefficient (Wildman–Crippen LogP) is 5.23. The molecule has 1 N–H and O–H groups in total. The van der Waals surface area contributed by atoms with Crippen LogP contribution in [0.3, 0.4) is 0 Å². The van der Waals surface area contributed by atoms with Gasteiger partial charge in [0.2, 0.25) is 5.65 Å². The number of allylic oxidation sites excluding steroid dienone is 1. The van der Waals surface area contributed by atoms with Gasteiger partial charge in [-0.2, -0.15) is 0 Å². The molecule has 0 atom stereocenters. The molecule has 7 nitrogen and oxygen atoms in total. The number of ketones is 1. The summed E-state index contributed by atoms with van der Waals surface area (Å²) in [5.74, 6) is 2.10. The predicted molar refractivity (Wildman–Crippen MR) is 129 cm³/mol. The highest BCUT2D eigenvalue weighted by molar-refractivity contribution is 6.07. The van der Waals surface area contributed by atoms with Crippen LogP contribution in [0.15, 0.2) is 78.9 Å². The van der Waals surface area contributed by atoms with E-state index in [9.17, 15) is 4.79 Å². The van der Waals surface area contributed by atoms with Crippen molar-refractivity contribution in [1.29, 1.82) is 0 Å². The molecule has 0 aliphatic carbocycles. The molecule has 7 heteroatoms. The molecule has 3 aromatic carbocycles. The Morgan fingerprint density at radius 3 is 2.48 bits per heavy atom. The Morgan fingerprint density at radius 1 is 0.970 bits per heavy atom. The maximum atomic E-state index is 12.6. The van der Waals surface area contributed by atoms with E-state index in [2.05, 4.69) is 15.5 Å². The number of hydrogen-bond acceptors (Lipinski definition) is 6. The highest BCUT2D eigenvalue weighted by Gasteiger charge is 2.13. The van der Waals surface area contributed by atoms with Crippen LogP contribution in [-0.2, 0) is 0 Å². The Hall–Kier alpha value is -4.52. The molecule has 0 bridgehead atoms. The van der Waals surface area contributed by atoms with Crippen molar-refractivity contribution < 1.29 is 9.53 Å². The lowest BCUT2D eigenvalue weighted by atomic mass is 10.1. The number of methoxy groups -OCH3 is 1. The van der Waals surface area contributed by atoms with Crippen LogP contribution in [-0.4, -0.2) is 32.5 Å². The maximum absolute atomic E-state index is 12.6. The minimum atomic E-state index is -0.0725. The molecule has 0 spiro atoms. The summed E-state index contributed by atoms with van der Waals surface area (Å²) in [4.78, 5) is 17.3. The Morgan fingerprint density at radius 2 is 1.73 bits per heavy atom. The van der Waals surface area contributed by atoms with Crippen LogP contribution in [0.1, 0.15) is 21.7 Å². The second-order valence-electron chi connectivity index (χ2n) is 7.53. The van der Waals surface area contributed by atoms with Crippen molar-refractivity contribution in [3.63, 3.8) is 0 Å². The van der Waals surface area contributed by atoms with Crippen LogP contribution < -0.4 is 10.1 Å². The van der Waals surface area contributed by atoms with Gasteiger partial charge < -0.3 is 10.1 Å². The van der Waals surface area contributed by atoms with Gasteiger partial charge >= 0.3 is 0 Å². The van der Waals surface area contributed by atoms with E-state index in [0.717, 1.165) is 33.9 Å². The number of aryl methyl sites for hydroxylation is 1. The third-order valence-corrected chi connectivity index (χ3v) is 5.37. The van der Waals surface area contributed by atoms with Crippen LogP contribution in [0.25, 0.3) is 22.8 Å². The molecule has 0 saturated carbocycles. The molecule has 0 fully saturated rings. The minimum absolute atomic E-state index is 0.0725. The number of fused-ring (bicyclic) bond motifs is 3. The van der Waals surface area contributed by atoms with E-state index in [4.69, 9.17) is 9.72 Å². The smallest absolute Gasteiger partial charge is 0.204 e. The summed E-state index contributed by atoms with van der Waals surface area (Å²) in [5, 5.41) is 11.8. The first-order valence-corrected chi connectivity index (χ1v) is 10.5. The zero-order valence-electron chi connectivity index (χ0n) is 18.2. The number of rotatable bonds is 6. The number of benzene rings is 3. The van der Waals surface area contributed by atoms with Gasteiger partial charge in [-0.05, 0) is 67.1 Å². The molecule has 0 unspecified atom stereocenters. The second kappa shape index (κ2) is 8.55. The molecule has 33 heavy (non-hydrogen) atoms. The highest BCUT2D eigenvalue weighted by atomic mass is 16.5. The van der Waals surface area contributed by atoms with Crippen LogP contribution >= 0.6 is 0 Å². The van der Waals surface area contributed by atoms with E-state index in [1.54, 1.807) is 31.4 Å². The van der Waals surface area contributed by atoms with Gasteiger partial charge in [-0.25, -0.2) is 4.98 Å². The third kappa shape index (κ3) is 4.04. The van der Waals surface area contributed by atoms with E-state index < -0.39 is 0 Å². The van der Waals surface area contributed by atoms with Crippen molar-refractivity contribution in [2.75, 3.05) is 12.4 Å². The lowest BCUT2D eigenvalue weighted by Gasteiger charge is -2.10. The van der Waals surface area contributed by atoms with Gasteiger partial charge in [0.25, 0.3) is 0 Å². The summed E-state index contributed by atoms with van der Waals surface area (Å²) in [7, 11) is 1.62. The van der Waals surface area contributed by atoms with Crippen molar-refractivity contribution in [3.05, 3.63) is 95.8 Å². The molecule has 5 aromatic rings.